The van der Waals surface area contributed by atoms with Crippen LogP contribution in [-0.2, 0) is 11.8 Å². The van der Waals surface area contributed by atoms with Gasteiger partial charge in [-0.05, 0) is 43.9 Å². The van der Waals surface area contributed by atoms with Crippen LogP contribution in [0.3, 0.4) is 0 Å². The maximum absolute atomic E-state index is 11.9. The molecule has 106 valence electrons. The number of aromatic nitrogens is 2. The van der Waals surface area contributed by atoms with Gasteiger partial charge in [0.2, 0.25) is 11.8 Å². The molecule has 1 aromatic carbocycles. The fourth-order valence-electron chi connectivity index (χ4n) is 2.35. The molecule has 1 N–H and O–H groups in total. The first-order chi connectivity index (χ1) is 9.67. The summed E-state index contributed by atoms with van der Waals surface area (Å²) in [4.78, 5) is 11.9. The zero-order valence-electron chi connectivity index (χ0n) is 11.8. The fraction of sp³-hybridized carbons (Fsp3) is 0.467. The Morgan fingerprint density at radius 3 is 3.00 bits per heavy atom. The smallest absolute Gasteiger partial charge is 0.240 e. The molecule has 0 radical (unpaired) electrons. The number of amides is 1. The molecule has 0 unspecified atom stereocenters. The van der Waals surface area contributed by atoms with Crippen LogP contribution in [0.2, 0.25) is 0 Å². The van der Waals surface area contributed by atoms with Crippen molar-refractivity contribution < 1.29 is 9.53 Å². The standard InChI is InChI=1S/C15H19N3O2/c1-3-20-15-12-9-11(6-7-13(12)18(2)17-15)16-14(19)8-10-4-5-10/h6-7,9-10H,3-5,8H2,1-2H3,(H,16,19). The predicted molar refractivity (Wildman–Crippen MR) is 77.9 cm³/mol. The van der Waals surface area contributed by atoms with Crippen LogP contribution in [0, 0.1) is 5.92 Å². The molecule has 5 heteroatoms. The third-order valence-corrected chi connectivity index (χ3v) is 3.55. The summed E-state index contributed by atoms with van der Waals surface area (Å²) in [7, 11) is 1.89. The number of nitrogens with one attached hydrogen (secondary N) is 1. The number of hydrogen-bond acceptors (Lipinski definition) is 3. The van der Waals surface area contributed by atoms with E-state index in [-0.39, 0.29) is 5.91 Å². The van der Waals surface area contributed by atoms with E-state index in [9.17, 15) is 4.79 Å². The van der Waals surface area contributed by atoms with Gasteiger partial charge in [0.15, 0.2) is 0 Å². The minimum atomic E-state index is 0.0914. The van der Waals surface area contributed by atoms with Crippen LogP contribution in [0.4, 0.5) is 5.69 Å². The lowest BCUT2D eigenvalue weighted by Gasteiger charge is -2.05. The first kappa shape index (κ1) is 13.0. The second-order valence-electron chi connectivity index (χ2n) is 5.29. The zero-order chi connectivity index (χ0) is 14.1. The van der Waals surface area contributed by atoms with Crippen molar-refractivity contribution in [3.8, 4) is 5.88 Å². The van der Waals surface area contributed by atoms with Gasteiger partial charge in [0, 0.05) is 19.2 Å². The van der Waals surface area contributed by atoms with Crippen LogP contribution >= 0.6 is 0 Å². The minimum absolute atomic E-state index is 0.0914. The number of ether oxygens (including phenoxy) is 1. The minimum Gasteiger partial charge on any atom is -0.476 e. The van der Waals surface area contributed by atoms with Crippen molar-refractivity contribution in [3.63, 3.8) is 0 Å². The van der Waals surface area contributed by atoms with E-state index in [1.807, 2.05) is 32.2 Å². The summed E-state index contributed by atoms with van der Waals surface area (Å²) in [6.07, 6.45) is 3.00. The van der Waals surface area contributed by atoms with Crippen LogP contribution in [0.25, 0.3) is 10.9 Å². The molecule has 0 spiro atoms. The average molecular weight is 273 g/mol. The molecule has 1 aliphatic carbocycles. The normalized spacial score (nSPS) is 14.5. The summed E-state index contributed by atoms with van der Waals surface area (Å²) in [5.41, 5.74) is 1.80. The van der Waals surface area contributed by atoms with Crippen molar-refractivity contribution in [2.45, 2.75) is 26.2 Å². The van der Waals surface area contributed by atoms with Gasteiger partial charge in [-0.15, -0.1) is 5.10 Å². The van der Waals surface area contributed by atoms with E-state index in [2.05, 4.69) is 10.4 Å². The van der Waals surface area contributed by atoms with E-state index in [1.165, 1.54) is 12.8 Å². The fourth-order valence-corrected chi connectivity index (χ4v) is 2.35. The number of carbonyl (C=O) groups is 1. The Morgan fingerprint density at radius 2 is 2.30 bits per heavy atom. The molecule has 3 rings (SSSR count). The van der Waals surface area contributed by atoms with E-state index >= 15 is 0 Å². The largest absolute Gasteiger partial charge is 0.476 e. The second-order valence-corrected chi connectivity index (χ2v) is 5.29. The average Bonchev–Trinajstić information content (AvgIpc) is 3.16. The van der Waals surface area contributed by atoms with Crippen molar-refractivity contribution in [1.82, 2.24) is 9.78 Å². The molecule has 0 bridgehead atoms. The van der Waals surface area contributed by atoms with Crippen molar-refractivity contribution in [3.05, 3.63) is 18.2 Å². The van der Waals surface area contributed by atoms with Gasteiger partial charge in [-0.25, -0.2) is 0 Å². The van der Waals surface area contributed by atoms with E-state index in [4.69, 9.17) is 4.74 Å². The van der Waals surface area contributed by atoms with E-state index < -0.39 is 0 Å². The summed E-state index contributed by atoms with van der Waals surface area (Å²) < 4.78 is 7.32. The Kier molecular flexibility index (Phi) is 3.34. The molecule has 1 aromatic heterocycles. The van der Waals surface area contributed by atoms with Crippen molar-refractivity contribution in [1.29, 1.82) is 0 Å². The zero-order valence-corrected chi connectivity index (χ0v) is 11.8. The van der Waals surface area contributed by atoms with E-state index in [0.29, 0.717) is 24.8 Å². The summed E-state index contributed by atoms with van der Waals surface area (Å²) >= 11 is 0. The second kappa shape index (κ2) is 5.15. The number of aryl methyl sites for hydroxylation is 1. The number of carbonyl (C=O) groups excluding carboxylic acids is 1. The highest BCUT2D eigenvalue weighted by Crippen LogP contribution is 2.33. The number of fused-ring (bicyclic) bond motifs is 1. The molecule has 0 aliphatic heterocycles. The third kappa shape index (κ3) is 2.61. The van der Waals surface area contributed by atoms with Crippen LogP contribution < -0.4 is 10.1 Å². The monoisotopic (exact) mass is 273 g/mol. The highest BCUT2D eigenvalue weighted by Gasteiger charge is 2.24. The van der Waals surface area contributed by atoms with Crippen molar-refractivity contribution in [2.75, 3.05) is 11.9 Å². The maximum atomic E-state index is 11.9. The Bertz CT molecular complexity index is 644. The van der Waals surface area contributed by atoms with Crippen molar-refractivity contribution >= 4 is 22.5 Å². The molecule has 2 aromatic rings. The van der Waals surface area contributed by atoms with Gasteiger partial charge in [0.25, 0.3) is 0 Å². The van der Waals surface area contributed by atoms with Gasteiger partial charge in [0.05, 0.1) is 17.5 Å². The number of hydrogen-bond donors (Lipinski definition) is 1. The third-order valence-electron chi connectivity index (χ3n) is 3.55. The highest BCUT2D eigenvalue weighted by molar-refractivity contribution is 5.95. The van der Waals surface area contributed by atoms with E-state index in [1.54, 1.807) is 4.68 Å². The molecule has 20 heavy (non-hydrogen) atoms. The summed E-state index contributed by atoms with van der Waals surface area (Å²) in [6.45, 7) is 2.51. The van der Waals surface area contributed by atoms with E-state index in [0.717, 1.165) is 16.6 Å². The maximum Gasteiger partial charge on any atom is 0.240 e. The first-order valence-electron chi connectivity index (χ1n) is 7.06. The molecular weight excluding hydrogens is 254 g/mol. The molecule has 1 saturated carbocycles. The number of rotatable bonds is 5. The van der Waals surface area contributed by atoms with Crippen LogP contribution in [0.15, 0.2) is 18.2 Å². The topological polar surface area (TPSA) is 56.1 Å². The number of nitrogens with zero attached hydrogens (tertiary/aromatic N) is 2. The molecule has 1 aliphatic rings. The van der Waals surface area contributed by atoms with Crippen LogP contribution in [0.1, 0.15) is 26.2 Å². The number of anilines is 1. The lowest BCUT2D eigenvalue weighted by molar-refractivity contribution is -0.116. The summed E-state index contributed by atoms with van der Waals surface area (Å²) in [5, 5.41) is 8.22. The molecule has 0 atom stereocenters. The quantitative estimate of drug-likeness (QED) is 0.911. The van der Waals surface area contributed by atoms with Crippen LogP contribution in [-0.4, -0.2) is 22.3 Å². The SMILES string of the molecule is CCOc1nn(C)c2ccc(NC(=O)CC3CC3)cc12. The number of benzene rings is 1. The van der Waals surface area contributed by atoms with Gasteiger partial charge < -0.3 is 10.1 Å². The molecule has 0 saturated heterocycles. The van der Waals surface area contributed by atoms with Gasteiger partial charge in [-0.1, -0.05) is 0 Å². The molecule has 1 amide bonds. The summed E-state index contributed by atoms with van der Waals surface area (Å²) in [5.74, 6) is 1.30. The van der Waals surface area contributed by atoms with Gasteiger partial charge in [-0.3, -0.25) is 9.48 Å². The Morgan fingerprint density at radius 1 is 1.50 bits per heavy atom. The first-order valence-corrected chi connectivity index (χ1v) is 7.06. The molecule has 1 fully saturated rings. The molecule has 1 heterocycles. The lowest BCUT2D eigenvalue weighted by atomic mass is 10.2. The predicted octanol–water partition coefficient (Wildman–Crippen LogP) is 2.71. The summed E-state index contributed by atoms with van der Waals surface area (Å²) in [6, 6.07) is 5.79. The molecular formula is C15H19N3O2. The van der Waals surface area contributed by atoms with Gasteiger partial charge in [0.1, 0.15) is 0 Å². The Labute approximate surface area is 117 Å². The van der Waals surface area contributed by atoms with Crippen LogP contribution in [0.5, 0.6) is 5.88 Å². The van der Waals surface area contributed by atoms with Crippen molar-refractivity contribution in [2.24, 2.45) is 13.0 Å². The van der Waals surface area contributed by atoms with Gasteiger partial charge >= 0.3 is 0 Å². The van der Waals surface area contributed by atoms with Gasteiger partial charge in [-0.2, -0.15) is 0 Å². The Balaban J connectivity index is 1.84. The Hall–Kier alpha value is -2.04. The lowest BCUT2D eigenvalue weighted by Crippen LogP contribution is -2.11. The molecule has 5 nitrogen and oxygen atoms in total. The highest BCUT2D eigenvalue weighted by atomic mass is 16.5.